The van der Waals surface area contributed by atoms with E-state index in [-0.39, 0.29) is 11.8 Å². The molecule has 0 saturated heterocycles. The number of carbonyl (C=O) groups excluding carboxylic acids is 1. The molecule has 1 atom stereocenters. The highest BCUT2D eigenvalue weighted by Crippen LogP contribution is 2.33. The number of anilines is 2. The van der Waals surface area contributed by atoms with Crippen LogP contribution in [0.4, 0.5) is 16.2 Å². The minimum Gasteiger partial charge on any atom is -0.508 e. The zero-order chi connectivity index (χ0) is 19.7. The predicted molar refractivity (Wildman–Crippen MR) is 112 cm³/mol. The van der Waals surface area contributed by atoms with Gasteiger partial charge in [-0.1, -0.05) is 29.8 Å². The third kappa shape index (κ3) is 3.73. The fourth-order valence-corrected chi connectivity index (χ4v) is 3.26. The van der Waals surface area contributed by atoms with Gasteiger partial charge in [-0.2, -0.15) is 0 Å². The Kier molecular flexibility index (Phi) is 4.79. The average molecular weight is 396 g/mol. The molecule has 3 aromatic rings. The Hall–Kier alpha value is -3.25. The molecule has 1 unspecified atom stereocenters. The van der Waals surface area contributed by atoms with Crippen molar-refractivity contribution in [1.82, 2.24) is 0 Å². The maximum Gasteiger partial charge on any atom is 0.323 e. The number of rotatable bonds is 3. The number of aliphatic imine (C=N–C) groups is 1. The summed E-state index contributed by atoms with van der Waals surface area (Å²) in [4.78, 5) is 17.0. The van der Waals surface area contributed by atoms with Crippen LogP contribution in [0.1, 0.15) is 12.5 Å². The maximum atomic E-state index is 12.5. The minimum atomic E-state index is -0.447. The molecule has 0 aromatic heterocycles. The third-order valence-electron chi connectivity index (χ3n) is 4.36. The van der Waals surface area contributed by atoms with Crippen molar-refractivity contribution >= 4 is 45.7 Å². The summed E-state index contributed by atoms with van der Waals surface area (Å²) in [5, 5.41) is 17.2. The first-order valence-corrected chi connectivity index (χ1v) is 9.17. The molecular weight excluding hydrogens is 378 g/mol. The average Bonchev–Trinajstić information content (AvgIpc) is 3.11. The quantitative estimate of drug-likeness (QED) is 0.583. The molecule has 6 nitrogen and oxygen atoms in total. The van der Waals surface area contributed by atoms with E-state index in [1.54, 1.807) is 36.4 Å². The van der Waals surface area contributed by atoms with Gasteiger partial charge < -0.3 is 20.5 Å². The molecule has 7 heteroatoms. The van der Waals surface area contributed by atoms with Crippen LogP contribution in [0.2, 0.25) is 5.02 Å². The van der Waals surface area contributed by atoms with Gasteiger partial charge in [-0.15, -0.1) is 0 Å². The lowest BCUT2D eigenvalue weighted by Crippen LogP contribution is -2.20. The molecule has 1 aliphatic rings. The van der Waals surface area contributed by atoms with Gasteiger partial charge in [0.2, 0.25) is 5.90 Å². The highest BCUT2D eigenvalue weighted by atomic mass is 35.5. The van der Waals surface area contributed by atoms with Crippen molar-refractivity contribution in [3.8, 4) is 5.75 Å². The molecule has 3 aromatic carbocycles. The maximum absolute atomic E-state index is 12.5. The Morgan fingerprint density at radius 1 is 1.18 bits per heavy atom. The Bertz CT molecular complexity index is 1090. The molecular formula is C21H18ClN3O3. The predicted octanol–water partition coefficient (Wildman–Crippen LogP) is 5.01. The zero-order valence-electron chi connectivity index (χ0n) is 15.1. The smallest absolute Gasteiger partial charge is 0.323 e. The van der Waals surface area contributed by atoms with Crippen LogP contribution >= 0.6 is 11.6 Å². The van der Waals surface area contributed by atoms with Gasteiger partial charge in [-0.3, -0.25) is 0 Å². The highest BCUT2D eigenvalue weighted by molar-refractivity contribution is 6.35. The lowest BCUT2D eigenvalue weighted by Gasteiger charge is -2.13. The number of phenolic OH excluding ortho intramolecular Hbond substituents is 1. The number of hydrogen-bond acceptors (Lipinski definition) is 4. The molecule has 0 radical (unpaired) electrons. The highest BCUT2D eigenvalue weighted by Gasteiger charge is 2.17. The second-order valence-electron chi connectivity index (χ2n) is 6.58. The van der Waals surface area contributed by atoms with Gasteiger partial charge in [-0.05, 0) is 48.7 Å². The van der Waals surface area contributed by atoms with Crippen molar-refractivity contribution in [3.63, 3.8) is 0 Å². The van der Waals surface area contributed by atoms with Gasteiger partial charge in [0.25, 0.3) is 0 Å². The second kappa shape index (κ2) is 7.40. The number of ether oxygens (including phenoxy) is 1. The first-order chi connectivity index (χ1) is 13.5. The monoisotopic (exact) mass is 395 g/mol. The van der Waals surface area contributed by atoms with E-state index < -0.39 is 6.03 Å². The number of nitrogens with zero attached hydrogens (tertiary/aromatic N) is 1. The largest absolute Gasteiger partial charge is 0.508 e. The fourth-order valence-electron chi connectivity index (χ4n) is 3.05. The summed E-state index contributed by atoms with van der Waals surface area (Å²) in [6, 6.07) is 15.4. The first kappa shape index (κ1) is 18.1. The molecule has 0 aliphatic carbocycles. The van der Waals surface area contributed by atoms with Crippen LogP contribution in [-0.2, 0) is 4.74 Å². The van der Waals surface area contributed by atoms with Crippen LogP contribution in [0.25, 0.3) is 10.8 Å². The van der Waals surface area contributed by atoms with E-state index in [0.29, 0.717) is 34.3 Å². The van der Waals surface area contributed by atoms with Gasteiger partial charge in [0.15, 0.2) is 0 Å². The molecule has 1 heterocycles. The van der Waals surface area contributed by atoms with E-state index in [1.807, 2.05) is 25.1 Å². The van der Waals surface area contributed by atoms with Crippen molar-refractivity contribution in [2.45, 2.75) is 13.0 Å². The lowest BCUT2D eigenvalue weighted by molar-refractivity contribution is 0.262. The number of phenols is 1. The van der Waals surface area contributed by atoms with Crippen molar-refractivity contribution in [2.75, 3.05) is 17.2 Å². The Morgan fingerprint density at radius 2 is 2.00 bits per heavy atom. The van der Waals surface area contributed by atoms with Crippen LogP contribution in [0.5, 0.6) is 5.75 Å². The number of urea groups is 1. The van der Waals surface area contributed by atoms with Gasteiger partial charge in [0.1, 0.15) is 12.4 Å². The molecule has 3 N–H and O–H groups in total. The first-order valence-electron chi connectivity index (χ1n) is 8.80. The number of carbonyl (C=O) groups is 1. The van der Waals surface area contributed by atoms with Gasteiger partial charge >= 0.3 is 6.03 Å². The van der Waals surface area contributed by atoms with E-state index in [4.69, 9.17) is 16.3 Å². The Morgan fingerprint density at radius 3 is 2.79 bits per heavy atom. The summed E-state index contributed by atoms with van der Waals surface area (Å²) < 4.78 is 5.56. The van der Waals surface area contributed by atoms with Crippen molar-refractivity contribution in [1.29, 1.82) is 0 Å². The molecule has 2 amide bonds. The Balaban J connectivity index is 1.56. The van der Waals surface area contributed by atoms with Gasteiger partial charge in [-0.25, -0.2) is 9.79 Å². The van der Waals surface area contributed by atoms with Crippen molar-refractivity contribution < 1.29 is 14.6 Å². The number of aromatic hydroxyl groups is 1. The summed E-state index contributed by atoms with van der Waals surface area (Å²) in [6.45, 7) is 2.54. The van der Waals surface area contributed by atoms with Crippen LogP contribution in [-0.4, -0.2) is 29.7 Å². The summed E-state index contributed by atoms with van der Waals surface area (Å²) >= 11 is 6.27. The topological polar surface area (TPSA) is 83.0 Å². The molecule has 0 fully saturated rings. The number of amides is 2. The standard InChI is InChI=1S/C21H18ClN3O3/c1-12-11-28-20(23-12)14-3-2-4-15(9-14)24-21(27)25-19-17-10-16(26)7-5-13(17)6-8-18(19)22/h2-10,12,26H,11H2,1H3,(H2,24,25,27). The van der Waals surface area contributed by atoms with Crippen LogP contribution in [0.15, 0.2) is 59.6 Å². The third-order valence-corrected chi connectivity index (χ3v) is 4.67. The fraction of sp³-hybridized carbons (Fsp3) is 0.143. The summed E-state index contributed by atoms with van der Waals surface area (Å²) in [5.41, 5.74) is 1.83. The van der Waals surface area contributed by atoms with E-state index in [2.05, 4.69) is 15.6 Å². The lowest BCUT2D eigenvalue weighted by atomic mass is 10.1. The Labute approximate surface area is 166 Å². The normalized spacial score (nSPS) is 15.8. The van der Waals surface area contributed by atoms with E-state index in [9.17, 15) is 9.90 Å². The molecule has 1 aliphatic heterocycles. The number of halogens is 1. The summed E-state index contributed by atoms with van der Waals surface area (Å²) in [6.07, 6.45) is 0. The second-order valence-corrected chi connectivity index (χ2v) is 6.99. The zero-order valence-corrected chi connectivity index (χ0v) is 15.8. The van der Waals surface area contributed by atoms with Crippen LogP contribution in [0.3, 0.4) is 0 Å². The molecule has 142 valence electrons. The van der Waals surface area contributed by atoms with E-state index >= 15 is 0 Å². The summed E-state index contributed by atoms with van der Waals surface area (Å²) in [5.74, 6) is 0.668. The SMILES string of the molecule is CC1COC(c2cccc(NC(=O)Nc3c(Cl)ccc4ccc(O)cc34)c2)=N1. The molecule has 0 spiro atoms. The molecule has 0 saturated carbocycles. The van der Waals surface area contributed by atoms with Gasteiger partial charge in [0, 0.05) is 16.6 Å². The van der Waals surface area contributed by atoms with Crippen molar-refractivity contribution in [3.05, 3.63) is 65.2 Å². The van der Waals surface area contributed by atoms with Crippen molar-refractivity contribution in [2.24, 2.45) is 4.99 Å². The van der Waals surface area contributed by atoms with E-state index in [0.717, 1.165) is 10.9 Å². The molecule has 28 heavy (non-hydrogen) atoms. The van der Waals surface area contributed by atoms with Crippen LogP contribution in [0, 0.1) is 0 Å². The molecule has 0 bridgehead atoms. The van der Waals surface area contributed by atoms with Gasteiger partial charge in [0.05, 0.1) is 16.8 Å². The number of nitrogens with one attached hydrogen (secondary N) is 2. The van der Waals surface area contributed by atoms with E-state index in [1.165, 1.54) is 0 Å². The number of fused-ring (bicyclic) bond motifs is 1. The number of benzene rings is 3. The minimum absolute atomic E-state index is 0.0949. The summed E-state index contributed by atoms with van der Waals surface area (Å²) in [7, 11) is 0. The number of hydrogen-bond donors (Lipinski definition) is 3. The molecule has 4 rings (SSSR count). The van der Waals surface area contributed by atoms with Crippen LogP contribution < -0.4 is 10.6 Å².